The molecule has 4 nitrogen and oxygen atoms in total. The van der Waals surface area contributed by atoms with Gasteiger partial charge in [0.25, 0.3) is 0 Å². The molecule has 5 heteroatoms. The van der Waals surface area contributed by atoms with Crippen molar-refractivity contribution in [2.24, 2.45) is 11.1 Å². The quantitative estimate of drug-likeness (QED) is 0.688. The van der Waals surface area contributed by atoms with Crippen LogP contribution >= 0.6 is 11.6 Å². The number of nitrogens with two attached hydrogens (primary N) is 1. The molecule has 140 valence electrons. The summed E-state index contributed by atoms with van der Waals surface area (Å²) in [4.78, 5) is 12.1. The molecule has 0 aliphatic rings. The molecule has 2 rings (SSSR count). The van der Waals surface area contributed by atoms with E-state index in [-0.39, 0.29) is 19.3 Å². The Balaban J connectivity index is 2.03. The number of carbonyl (C=O) groups is 1. The van der Waals surface area contributed by atoms with Crippen molar-refractivity contribution in [1.82, 2.24) is 0 Å². The molecular weight excluding hydrogens is 350 g/mol. The van der Waals surface area contributed by atoms with Gasteiger partial charge in [0.1, 0.15) is 0 Å². The van der Waals surface area contributed by atoms with Crippen molar-refractivity contribution in [3.05, 3.63) is 59.1 Å². The summed E-state index contributed by atoms with van der Waals surface area (Å²) in [5, 5.41) is 10.3. The third-order valence-electron chi connectivity index (χ3n) is 4.44. The van der Waals surface area contributed by atoms with Gasteiger partial charge in [-0.1, -0.05) is 48.0 Å². The Labute approximate surface area is 159 Å². The van der Waals surface area contributed by atoms with Crippen LogP contribution in [0.3, 0.4) is 0 Å². The summed E-state index contributed by atoms with van der Waals surface area (Å²) in [7, 11) is 0. The minimum Gasteiger partial charge on any atom is -0.466 e. The normalized spacial score (nSPS) is 14.5. The van der Waals surface area contributed by atoms with Crippen molar-refractivity contribution in [2.45, 2.75) is 32.7 Å². The summed E-state index contributed by atoms with van der Waals surface area (Å²) in [5.41, 5.74) is 8.47. The van der Waals surface area contributed by atoms with Gasteiger partial charge in [-0.25, -0.2) is 0 Å². The molecule has 2 aromatic rings. The second-order valence-electron chi connectivity index (χ2n) is 6.81. The first-order chi connectivity index (χ1) is 12.4. The summed E-state index contributed by atoms with van der Waals surface area (Å²) in [6.07, 6.45) is 0.975. The molecule has 0 aliphatic carbocycles. The van der Waals surface area contributed by atoms with Crippen molar-refractivity contribution in [1.29, 1.82) is 0 Å². The highest BCUT2D eigenvalue weighted by Crippen LogP contribution is 2.26. The number of ether oxygens (including phenoxy) is 1. The Morgan fingerprint density at radius 1 is 1.23 bits per heavy atom. The average molecular weight is 376 g/mol. The molecule has 0 spiro atoms. The summed E-state index contributed by atoms with van der Waals surface area (Å²) in [6, 6.07) is 15.6. The van der Waals surface area contributed by atoms with Crippen LogP contribution in [0.5, 0.6) is 0 Å². The fourth-order valence-electron chi connectivity index (χ4n) is 2.97. The molecule has 0 aliphatic heterocycles. The Bertz CT molecular complexity index is 732. The Hall–Kier alpha value is -1.88. The molecule has 3 N–H and O–H groups in total. The number of aliphatic hydroxyl groups is 1. The molecular formula is C21H26ClNO3. The van der Waals surface area contributed by atoms with Gasteiger partial charge in [0.2, 0.25) is 0 Å². The Kier molecular flexibility index (Phi) is 7.21. The zero-order valence-electron chi connectivity index (χ0n) is 15.2. The molecule has 0 heterocycles. The maximum absolute atomic E-state index is 12.1. The minimum absolute atomic E-state index is 0.256. The molecule has 0 amide bonds. The van der Waals surface area contributed by atoms with Crippen molar-refractivity contribution < 1.29 is 14.6 Å². The average Bonchev–Trinajstić information content (AvgIpc) is 2.62. The van der Waals surface area contributed by atoms with Crippen molar-refractivity contribution in [3.63, 3.8) is 0 Å². The third-order valence-corrected chi connectivity index (χ3v) is 4.67. The van der Waals surface area contributed by atoms with Crippen LogP contribution in [-0.2, 0) is 16.0 Å². The van der Waals surface area contributed by atoms with Crippen LogP contribution in [0.4, 0.5) is 0 Å². The summed E-state index contributed by atoms with van der Waals surface area (Å²) in [5.74, 6) is -0.408. The zero-order chi connectivity index (χ0) is 19.2. The van der Waals surface area contributed by atoms with Crippen LogP contribution in [0.1, 0.15) is 25.8 Å². The van der Waals surface area contributed by atoms with Crippen LogP contribution in [0.15, 0.2) is 48.5 Å². The van der Waals surface area contributed by atoms with E-state index in [1.807, 2.05) is 48.5 Å². The largest absolute Gasteiger partial charge is 0.466 e. The molecule has 0 fully saturated rings. The second-order valence-corrected chi connectivity index (χ2v) is 7.25. The lowest BCUT2D eigenvalue weighted by atomic mass is 9.83. The predicted octanol–water partition coefficient (Wildman–Crippen LogP) is 3.83. The lowest BCUT2D eigenvalue weighted by Gasteiger charge is -2.27. The fourth-order valence-corrected chi connectivity index (χ4v) is 3.16. The highest BCUT2D eigenvalue weighted by Gasteiger charge is 2.35. The van der Waals surface area contributed by atoms with E-state index in [0.717, 1.165) is 16.7 Å². The van der Waals surface area contributed by atoms with Gasteiger partial charge in [0, 0.05) is 11.1 Å². The number of esters is 1. The molecule has 0 bridgehead atoms. The van der Waals surface area contributed by atoms with E-state index in [1.165, 1.54) is 0 Å². The van der Waals surface area contributed by atoms with Crippen LogP contribution in [0.2, 0.25) is 5.02 Å². The topological polar surface area (TPSA) is 72.5 Å². The third kappa shape index (κ3) is 5.31. The van der Waals surface area contributed by atoms with E-state index in [9.17, 15) is 9.90 Å². The lowest BCUT2D eigenvalue weighted by Crippen LogP contribution is -2.40. The summed E-state index contributed by atoms with van der Waals surface area (Å²) in [6.45, 7) is 3.44. The fraction of sp³-hybridized carbons (Fsp3) is 0.381. The number of aliphatic hydroxyl groups excluding tert-OH is 1. The minimum atomic E-state index is -0.976. The molecule has 0 aromatic heterocycles. The van der Waals surface area contributed by atoms with Gasteiger partial charge in [-0.15, -0.1) is 0 Å². The maximum Gasteiger partial charge on any atom is 0.314 e. The summed E-state index contributed by atoms with van der Waals surface area (Å²) < 4.78 is 5.06. The van der Waals surface area contributed by atoms with Crippen LogP contribution in [0, 0.1) is 5.41 Å². The van der Waals surface area contributed by atoms with E-state index in [4.69, 9.17) is 22.1 Å². The van der Waals surface area contributed by atoms with E-state index < -0.39 is 11.4 Å². The Morgan fingerprint density at radius 2 is 1.92 bits per heavy atom. The molecule has 0 saturated carbocycles. The van der Waals surface area contributed by atoms with Crippen molar-refractivity contribution >= 4 is 17.6 Å². The van der Waals surface area contributed by atoms with E-state index in [0.29, 0.717) is 17.9 Å². The number of hydrogen-bond donors (Lipinski definition) is 2. The first-order valence-corrected chi connectivity index (χ1v) is 9.14. The molecule has 2 atom stereocenters. The first-order valence-electron chi connectivity index (χ1n) is 8.76. The smallest absolute Gasteiger partial charge is 0.314 e. The van der Waals surface area contributed by atoms with E-state index in [2.05, 4.69) is 0 Å². The standard InChI is InChI=1S/C21H26ClNO3/c1-3-26-20(25)21(2,14-24)13-19(23)11-15-7-9-16(10-8-15)17-5-4-6-18(22)12-17/h4-10,12,19,24H,3,11,13-14,23H2,1-2H3/t19-,21+/m1/s1. The van der Waals surface area contributed by atoms with E-state index in [1.54, 1.807) is 13.8 Å². The van der Waals surface area contributed by atoms with Gasteiger partial charge < -0.3 is 15.6 Å². The van der Waals surface area contributed by atoms with Gasteiger partial charge in [-0.2, -0.15) is 0 Å². The Morgan fingerprint density at radius 3 is 2.50 bits per heavy atom. The highest BCUT2D eigenvalue weighted by atomic mass is 35.5. The van der Waals surface area contributed by atoms with Crippen LogP contribution in [-0.4, -0.2) is 30.3 Å². The monoisotopic (exact) mass is 375 g/mol. The van der Waals surface area contributed by atoms with Gasteiger partial charge in [-0.05, 0) is 55.5 Å². The molecule has 0 radical (unpaired) electrons. The van der Waals surface area contributed by atoms with Crippen LogP contribution < -0.4 is 5.73 Å². The van der Waals surface area contributed by atoms with Gasteiger partial charge >= 0.3 is 5.97 Å². The van der Waals surface area contributed by atoms with E-state index >= 15 is 0 Å². The first kappa shape index (κ1) is 20.4. The molecule has 26 heavy (non-hydrogen) atoms. The highest BCUT2D eigenvalue weighted by molar-refractivity contribution is 6.30. The zero-order valence-corrected chi connectivity index (χ0v) is 16.0. The molecule has 0 unspecified atom stereocenters. The van der Waals surface area contributed by atoms with Gasteiger partial charge in [0.15, 0.2) is 0 Å². The number of carbonyl (C=O) groups excluding carboxylic acids is 1. The number of halogens is 1. The molecule has 2 aromatic carbocycles. The second kappa shape index (κ2) is 9.17. The van der Waals surface area contributed by atoms with Gasteiger partial charge in [0.05, 0.1) is 18.6 Å². The molecule has 0 saturated heterocycles. The van der Waals surface area contributed by atoms with Gasteiger partial charge in [-0.3, -0.25) is 4.79 Å². The SMILES string of the molecule is CCOC(=O)[C@](C)(CO)C[C@H](N)Cc1ccc(-c2cccc(Cl)c2)cc1. The maximum atomic E-state index is 12.1. The lowest BCUT2D eigenvalue weighted by molar-refractivity contribution is -0.157. The van der Waals surface area contributed by atoms with Crippen molar-refractivity contribution in [3.8, 4) is 11.1 Å². The summed E-state index contributed by atoms with van der Waals surface area (Å²) >= 11 is 6.04. The number of rotatable bonds is 8. The predicted molar refractivity (Wildman–Crippen MR) is 105 cm³/mol. The van der Waals surface area contributed by atoms with Crippen molar-refractivity contribution in [2.75, 3.05) is 13.2 Å². The number of hydrogen-bond acceptors (Lipinski definition) is 4. The van der Waals surface area contributed by atoms with Crippen LogP contribution in [0.25, 0.3) is 11.1 Å². The number of benzene rings is 2.